The molecule has 0 unspecified atom stereocenters. The highest BCUT2D eigenvalue weighted by molar-refractivity contribution is 5.80. The van der Waals surface area contributed by atoms with E-state index in [1.54, 1.807) is 0 Å². The molecule has 4 aromatic carbocycles. The molecule has 0 amide bonds. The highest BCUT2D eigenvalue weighted by atomic mass is 15.2. The smallest absolute Gasteiger partial charge is 0.0887 e. The number of aromatic nitrogens is 2. The van der Waals surface area contributed by atoms with Crippen LogP contribution in [-0.2, 0) is 0 Å². The van der Waals surface area contributed by atoms with Crippen LogP contribution < -0.4 is 9.80 Å². The van der Waals surface area contributed by atoms with Crippen molar-refractivity contribution in [2.75, 3.05) is 16.8 Å². The van der Waals surface area contributed by atoms with Gasteiger partial charge in [-0.3, -0.25) is 9.97 Å². The number of nitrogens with zero attached hydrogens (tertiary/aromatic N) is 4. The molecule has 0 fully saturated rings. The Kier molecular flexibility index (Phi) is 7.99. The minimum absolute atomic E-state index is 0.838. The quantitative estimate of drug-likeness (QED) is 0.190. The summed E-state index contributed by atoms with van der Waals surface area (Å²) in [6, 6.07) is 38.9. The number of aryl methyl sites for hydroxylation is 5. The predicted molar refractivity (Wildman–Crippen MR) is 186 cm³/mol. The lowest BCUT2D eigenvalue weighted by molar-refractivity contribution is 1.15. The molecule has 6 rings (SSSR count). The number of hydrogen-bond acceptors (Lipinski definition) is 4. The van der Waals surface area contributed by atoms with Gasteiger partial charge in [0.05, 0.1) is 35.2 Å². The van der Waals surface area contributed by atoms with E-state index in [0.717, 1.165) is 34.1 Å². The van der Waals surface area contributed by atoms with Crippen LogP contribution in [0.1, 0.15) is 27.8 Å². The number of hydrogen-bond donors (Lipinski definition) is 0. The maximum atomic E-state index is 4.88. The van der Waals surface area contributed by atoms with Crippen LogP contribution in [0.15, 0.2) is 122 Å². The maximum absolute atomic E-state index is 4.88. The van der Waals surface area contributed by atoms with Crippen molar-refractivity contribution in [1.82, 2.24) is 9.97 Å². The number of rotatable bonds is 7. The minimum Gasteiger partial charge on any atom is -0.343 e. The average molecular weight is 575 g/mol. The Labute approximate surface area is 261 Å². The summed E-state index contributed by atoms with van der Waals surface area (Å²) in [6.07, 6.45) is 3.86. The van der Waals surface area contributed by atoms with Gasteiger partial charge in [0.2, 0.25) is 0 Å². The Morgan fingerprint density at radius 3 is 1.39 bits per heavy atom. The fraction of sp³-hybridized carbons (Fsp3) is 0.150. The predicted octanol–water partition coefficient (Wildman–Crippen LogP) is 10.6. The molecule has 0 aliphatic carbocycles. The zero-order valence-corrected chi connectivity index (χ0v) is 26.3. The van der Waals surface area contributed by atoms with E-state index < -0.39 is 0 Å². The largest absolute Gasteiger partial charge is 0.343 e. The Hall–Kier alpha value is -5.22. The van der Waals surface area contributed by atoms with Crippen LogP contribution in [-0.4, -0.2) is 17.0 Å². The molecular weight excluding hydrogens is 536 g/mol. The molecule has 4 heteroatoms. The summed E-state index contributed by atoms with van der Waals surface area (Å²) in [5.41, 5.74) is 15.7. The summed E-state index contributed by atoms with van der Waals surface area (Å²) >= 11 is 0. The normalized spacial score (nSPS) is 11.0. The van der Waals surface area contributed by atoms with E-state index in [9.17, 15) is 0 Å². The topological polar surface area (TPSA) is 32.3 Å². The van der Waals surface area contributed by atoms with Gasteiger partial charge in [0.15, 0.2) is 0 Å². The molecule has 0 aliphatic rings. The second kappa shape index (κ2) is 12.2. The van der Waals surface area contributed by atoms with Crippen molar-refractivity contribution < 1.29 is 0 Å². The molecule has 218 valence electrons. The third-order valence-electron chi connectivity index (χ3n) is 8.22. The summed E-state index contributed by atoms with van der Waals surface area (Å²) in [5, 5.41) is 0. The van der Waals surface area contributed by atoms with E-state index in [1.807, 2.05) is 18.5 Å². The van der Waals surface area contributed by atoms with Crippen LogP contribution in [0.25, 0.3) is 22.5 Å². The molecule has 0 atom stereocenters. The number of anilines is 5. The first-order valence-corrected chi connectivity index (χ1v) is 15.0. The highest BCUT2D eigenvalue weighted by Gasteiger charge is 2.16. The molecule has 44 heavy (non-hydrogen) atoms. The third kappa shape index (κ3) is 5.97. The second-order valence-electron chi connectivity index (χ2n) is 11.7. The van der Waals surface area contributed by atoms with Crippen LogP contribution in [0.3, 0.4) is 0 Å². The molecule has 4 nitrogen and oxygen atoms in total. The van der Waals surface area contributed by atoms with Gasteiger partial charge < -0.3 is 9.80 Å². The van der Waals surface area contributed by atoms with Crippen LogP contribution in [0.4, 0.5) is 28.4 Å². The molecule has 0 saturated carbocycles. The zero-order valence-electron chi connectivity index (χ0n) is 26.3. The van der Waals surface area contributed by atoms with E-state index in [4.69, 9.17) is 9.97 Å². The van der Waals surface area contributed by atoms with Crippen molar-refractivity contribution in [2.24, 2.45) is 0 Å². The van der Waals surface area contributed by atoms with Crippen molar-refractivity contribution >= 4 is 28.4 Å². The van der Waals surface area contributed by atoms with E-state index >= 15 is 0 Å². The van der Waals surface area contributed by atoms with Gasteiger partial charge in [-0.25, -0.2) is 0 Å². The molecule has 2 heterocycles. The Morgan fingerprint density at radius 1 is 0.432 bits per heavy atom. The molecular formula is C40H38N4. The summed E-state index contributed by atoms with van der Waals surface area (Å²) in [4.78, 5) is 14.1. The van der Waals surface area contributed by atoms with Gasteiger partial charge in [-0.2, -0.15) is 0 Å². The second-order valence-corrected chi connectivity index (χ2v) is 11.7. The van der Waals surface area contributed by atoms with Gasteiger partial charge in [-0.05, 0) is 105 Å². The van der Waals surface area contributed by atoms with Crippen LogP contribution >= 0.6 is 0 Å². The average Bonchev–Trinajstić information content (AvgIpc) is 3.03. The Balaban J connectivity index is 1.30. The van der Waals surface area contributed by atoms with Crippen molar-refractivity contribution in [3.8, 4) is 22.5 Å². The monoisotopic (exact) mass is 574 g/mol. The standard InChI is InChI=1S/C40H38N4/c1-27-7-11-32(12-8-27)33-13-15-34(16-14-33)44(40-22-10-29(3)24-31(40)5)36-18-20-38(42-26-36)37-19-17-35(25-41-37)43(6)39-21-9-28(2)23-30(39)4/h7-26H,1-6H3. The van der Waals surface area contributed by atoms with Crippen molar-refractivity contribution in [2.45, 2.75) is 34.6 Å². The van der Waals surface area contributed by atoms with Gasteiger partial charge in [-0.1, -0.05) is 77.4 Å². The first kappa shape index (κ1) is 28.9. The van der Waals surface area contributed by atoms with Gasteiger partial charge in [-0.15, -0.1) is 0 Å². The summed E-state index contributed by atoms with van der Waals surface area (Å²) in [7, 11) is 2.08. The molecule has 0 aliphatic heterocycles. The molecule has 0 saturated heterocycles. The molecule has 0 bridgehead atoms. The lowest BCUT2D eigenvalue weighted by Crippen LogP contribution is -2.12. The zero-order chi connectivity index (χ0) is 30.8. The van der Waals surface area contributed by atoms with Crippen molar-refractivity contribution in [3.05, 3.63) is 149 Å². The van der Waals surface area contributed by atoms with Crippen LogP contribution in [0.5, 0.6) is 0 Å². The molecule has 6 aromatic rings. The van der Waals surface area contributed by atoms with E-state index in [-0.39, 0.29) is 0 Å². The minimum atomic E-state index is 0.838. The van der Waals surface area contributed by atoms with E-state index in [0.29, 0.717) is 0 Å². The van der Waals surface area contributed by atoms with Crippen molar-refractivity contribution in [3.63, 3.8) is 0 Å². The fourth-order valence-corrected chi connectivity index (χ4v) is 5.76. The molecule has 2 aromatic heterocycles. The molecule has 0 N–H and O–H groups in total. The van der Waals surface area contributed by atoms with E-state index in [1.165, 1.54) is 44.6 Å². The van der Waals surface area contributed by atoms with E-state index in [2.05, 4.69) is 155 Å². The maximum Gasteiger partial charge on any atom is 0.0887 e. The summed E-state index contributed by atoms with van der Waals surface area (Å²) < 4.78 is 0. The number of pyridine rings is 2. The molecule has 0 spiro atoms. The lowest BCUT2D eigenvalue weighted by Gasteiger charge is -2.27. The fourth-order valence-electron chi connectivity index (χ4n) is 5.76. The van der Waals surface area contributed by atoms with Crippen molar-refractivity contribution in [1.29, 1.82) is 0 Å². The van der Waals surface area contributed by atoms with Crippen LogP contribution in [0, 0.1) is 34.6 Å². The summed E-state index contributed by atoms with van der Waals surface area (Å²) in [5.74, 6) is 0. The number of benzene rings is 4. The van der Waals surface area contributed by atoms with Gasteiger partial charge in [0.1, 0.15) is 0 Å². The SMILES string of the molecule is Cc1ccc(-c2ccc(N(c3ccc(-c4ccc(N(C)c5ccc(C)cc5C)cn4)nc3)c3ccc(C)cc3C)cc2)cc1. The first-order chi connectivity index (χ1) is 21.3. The first-order valence-electron chi connectivity index (χ1n) is 15.0. The summed E-state index contributed by atoms with van der Waals surface area (Å²) in [6.45, 7) is 10.7. The lowest BCUT2D eigenvalue weighted by atomic mass is 10.0. The molecule has 0 radical (unpaired) electrons. The van der Waals surface area contributed by atoms with Crippen LogP contribution in [0.2, 0.25) is 0 Å². The highest BCUT2D eigenvalue weighted by Crippen LogP contribution is 2.38. The van der Waals surface area contributed by atoms with Gasteiger partial charge in [0.25, 0.3) is 0 Å². The van der Waals surface area contributed by atoms with Gasteiger partial charge in [0, 0.05) is 24.1 Å². The Morgan fingerprint density at radius 2 is 0.886 bits per heavy atom. The Bertz CT molecular complexity index is 1890. The van der Waals surface area contributed by atoms with Gasteiger partial charge >= 0.3 is 0 Å². The third-order valence-corrected chi connectivity index (χ3v) is 8.22.